The molecule has 0 aliphatic carbocycles. The quantitative estimate of drug-likeness (QED) is 0.889. The second kappa shape index (κ2) is 4.58. The zero-order valence-corrected chi connectivity index (χ0v) is 11.8. The first kappa shape index (κ1) is 13.4. The predicted octanol–water partition coefficient (Wildman–Crippen LogP) is 1.42. The molecule has 102 valence electrons. The van der Waals surface area contributed by atoms with Crippen LogP contribution < -0.4 is 10.5 Å². The molecule has 0 aliphatic heterocycles. The second-order valence-corrected chi connectivity index (χ2v) is 6.10. The van der Waals surface area contributed by atoms with E-state index in [9.17, 15) is 8.42 Å². The van der Waals surface area contributed by atoms with Crippen LogP contribution in [0.5, 0.6) is 0 Å². The standard InChI is InChI=1S/C12H16N4O2S/c1-8-4-5-11(9(2)6-8)19(17,18)15-12-10(13)7-14-16(12)3/h4-7,15H,13H2,1-3H3. The molecule has 0 atom stereocenters. The molecular weight excluding hydrogens is 264 g/mol. The van der Waals surface area contributed by atoms with Crippen molar-refractivity contribution in [2.75, 3.05) is 10.5 Å². The number of nitrogens with zero attached hydrogens (tertiary/aromatic N) is 2. The fourth-order valence-corrected chi connectivity index (χ4v) is 3.21. The van der Waals surface area contributed by atoms with E-state index < -0.39 is 10.0 Å². The summed E-state index contributed by atoms with van der Waals surface area (Å²) in [5.41, 5.74) is 7.67. The highest BCUT2D eigenvalue weighted by Crippen LogP contribution is 2.23. The number of nitrogens with two attached hydrogens (primary N) is 1. The van der Waals surface area contributed by atoms with Gasteiger partial charge in [0.25, 0.3) is 10.0 Å². The van der Waals surface area contributed by atoms with Crippen LogP contribution in [0.4, 0.5) is 11.5 Å². The second-order valence-electron chi connectivity index (χ2n) is 4.45. The van der Waals surface area contributed by atoms with Crippen molar-refractivity contribution < 1.29 is 8.42 Å². The third-order valence-corrected chi connectivity index (χ3v) is 4.32. The van der Waals surface area contributed by atoms with Crippen molar-refractivity contribution in [3.8, 4) is 0 Å². The zero-order valence-electron chi connectivity index (χ0n) is 11.0. The van der Waals surface area contributed by atoms with Crippen LogP contribution in [0.2, 0.25) is 0 Å². The van der Waals surface area contributed by atoms with Gasteiger partial charge in [-0.05, 0) is 25.5 Å². The highest BCUT2D eigenvalue weighted by atomic mass is 32.2. The fourth-order valence-electron chi connectivity index (χ4n) is 1.86. The van der Waals surface area contributed by atoms with Gasteiger partial charge in [0.1, 0.15) is 0 Å². The zero-order chi connectivity index (χ0) is 14.2. The van der Waals surface area contributed by atoms with Crippen LogP contribution in [0.25, 0.3) is 0 Å². The largest absolute Gasteiger partial charge is 0.394 e. The van der Waals surface area contributed by atoms with Gasteiger partial charge in [-0.3, -0.25) is 9.40 Å². The topological polar surface area (TPSA) is 90.0 Å². The highest BCUT2D eigenvalue weighted by Gasteiger charge is 2.19. The summed E-state index contributed by atoms with van der Waals surface area (Å²) in [4.78, 5) is 0.235. The third-order valence-electron chi connectivity index (χ3n) is 2.82. The fraction of sp³-hybridized carbons (Fsp3) is 0.250. The van der Waals surface area contributed by atoms with E-state index in [0.717, 1.165) is 5.56 Å². The van der Waals surface area contributed by atoms with Crippen LogP contribution in [0.15, 0.2) is 29.3 Å². The Labute approximate surface area is 112 Å². The van der Waals surface area contributed by atoms with Gasteiger partial charge in [0.15, 0.2) is 5.82 Å². The van der Waals surface area contributed by atoms with E-state index in [1.54, 1.807) is 26.1 Å². The number of hydrogen-bond acceptors (Lipinski definition) is 4. The van der Waals surface area contributed by atoms with Gasteiger partial charge in [-0.25, -0.2) is 8.42 Å². The Morgan fingerprint density at radius 3 is 2.53 bits per heavy atom. The van der Waals surface area contributed by atoms with Gasteiger partial charge in [0, 0.05) is 7.05 Å². The van der Waals surface area contributed by atoms with Crippen LogP contribution in [-0.2, 0) is 17.1 Å². The number of aryl methyl sites for hydroxylation is 3. The third kappa shape index (κ3) is 2.55. The molecule has 7 heteroatoms. The van der Waals surface area contributed by atoms with Crippen LogP contribution in [-0.4, -0.2) is 18.2 Å². The van der Waals surface area contributed by atoms with Crippen molar-refractivity contribution in [1.82, 2.24) is 9.78 Å². The SMILES string of the molecule is Cc1ccc(S(=O)(=O)Nc2c(N)cnn2C)c(C)c1. The summed E-state index contributed by atoms with van der Waals surface area (Å²) in [7, 11) is -2.05. The average molecular weight is 280 g/mol. The summed E-state index contributed by atoms with van der Waals surface area (Å²) in [6, 6.07) is 5.16. The van der Waals surface area contributed by atoms with E-state index in [4.69, 9.17) is 5.73 Å². The lowest BCUT2D eigenvalue weighted by molar-refractivity contribution is 0.599. The first-order valence-electron chi connectivity index (χ1n) is 5.69. The molecule has 2 rings (SSSR count). The lowest BCUT2D eigenvalue weighted by atomic mass is 10.2. The van der Waals surface area contributed by atoms with E-state index in [0.29, 0.717) is 5.56 Å². The van der Waals surface area contributed by atoms with E-state index in [1.165, 1.54) is 10.9 Å². The molecule has 6 nitrogen and oxygen atoms in total. The minimum absolute atomic E-state index is 0.235. The normalized spacial score (nSPS) is 11.5. The predicted molar refractivity (Wildman–Crippen MR) is 74.3 cm³/mol. The molecule has 0 amide bonds. The molecule has 0 aliphatic rings. The maximum absolute atomic E-state index is 12.3. The number of aromatic nitrogens is 2. The maximum atomic E-state index is 12.3. The Kier molecular flexibility index (Phi) is 3.23. The van der Waals surface area contributed by atoms with Crippen molar-refractivity contribution in [3.05, 3.63) is 35.5 Å². The summed E-state index contributed by atoms with van der Waals surface area (Å²) >= 11 is 0. The molecule has 1 aromatic heterocycles. The lowest BCUT2D eigenvalue weighted by Crippen LogP contribution is -2.17. The lowest BCUT2D eigenvalue weighted by Gasteiger charge is -2.11. The number of hydrogen-bond donors (Lipinski definition) is 2. The van der Waals surface area contributed by atoms with Crippen molar-refractivity contribution in [1.29, 1.82) is 0 Å². The summed E-state index contributed by atoms with van der Waals surface area (Å²) in [5.74, 6) is 0.264. The maximum Gasteiger partial charge on any atom is 0.263 e. The molecule has 0 spiro atoms. The molecule has 0 unspecified atom stereocenters. The molecule has 0 bridgehead atoms. The van der Waals surface area contributed by atoms with Crippen molar-refractivity contribution in [2.24, 2.45) is 7.05 Å². The Hall–Kier alpha value is -2.02. The summed E-state index contributed by atoms with van der Waals surface area (Å²) in [6.45, 7) is 3.67. The van der Waals surface area contributed by atoms with Gasteiger partial charge in [0.05, 0.1) is 16.8 Å². The number of sulfonamides is 1. The number of rotatable bonds is 3. The number of anilines is 2. The summed E-state index contributed by atoms with van der Waals surface area (Å²) in [6.07, 6.45) is 1.40. The Morgan fingerprint density at radius 2 is 2.00 bits per heavy atom. The summed E-state index contributed by atoms with van der Waals surface area (Å²) in [5, 5.41) is 3.90. The molecule has 1 aromatic carbocycles. The average Bonchev–Trinajstić information content (AvgIpc) is 2.60. The van der Waals surface area contributed by atoms with E-state index in [1.807, 2.05) is 13.0 Å². The van der Waals surface area contributed by atoms with Gasteiger partial charge in [-0.2, -0.15) is 5.10 Å². The molecular formula is C12H16N4O2S. The van der Waals surface area contributed by atoms with Crippen LogP contribution in [0.1, 0.15) is 11.1 Å². The molecule has 0 fully saturated rings. The number of benzene rings is 1. The first-order valence-corrected chi connectivity index (χ1v) is 7.17. The molecule has 2 aromatic rings. The number of nitrogen functional groups attached to an aromatic ring is 1. The first-order chi connectivity index (χ1) is 8.81. The molecule has 0 saturated heterocycles. The molecule has 19 heavy (non-hydrogen) atoms. The van der Waals surface area contributed by atoms with Gasteiger partial charge in [0.2, 0.25) is 0 Å². The van der Waals surface area contributed by atoms with Crippen molar-refractivity contribution in [2.45, 2.75) is 18.7 Å². The number of nitrogens with one attached hydrogen (secondary N) is 1. The Morgan fingerprint density at radius 1 is 1.32 bits per heavy atom. The molecule has 1 heterocycles. The minimum Gasteiger partial charge on any atom is -0.394 e. The minimum atomic E-state index is -3.67. The van der Waals surface area contributed by atoms with Crippen molar-refractivity contribution >= 4 is 21.5 Å². The van der Waals surface area contributed by atoms with Gasteiger partial charge >= 0.3 is 0 Å². The molecule has 0 saturated carbocycles. The van der Waals surface area contributed by atoms with E-state index in [-0.39, 0.29) is 16.4 Å². The van der Waals surface area contributed by atoms with Crippen LogP contribution in [0.3, 0.4) is 0 Å². The van der Waals surface area contributed by atoms with Crippen LogP contribution in [0, 0.1) is 13.8 Å². The Balaban J connectivity index is 2.44. The highest BCUT2D eigenvalue weighted by molar-refractivity contribution is 7.92. The van der Waals surface area contributed by atoms with Crippen molar-refractivity contribution in [3.63, 3.8) is 0 Å². The van der Waals surface area contributed by atoms with Gasteiger partial charge < -0.3 is 5.73 Å². The van der Waals surface area contributed by atoms with E-state index in [2.05, 4.69) is 9.82 Å². The van der Waals surface area contributed by atoms with Crippen LogP contribution >= 0.6 is 0 Å². The monoisotopic (exact) mass is 280 g/mol. The summed E-state index contributed by atoms with van der Waals surface area (Å²) < 4.78 is 28.5. The Bertz CT molecular complexity index is 700. The molecule has 0 radical (unpaired) electrons. The smallest absolute Gasteiger partial charge is 0.263 e. The van der Waals surface area contributed by atoms with E-state index >= 15 is 0 Å². The van der Waals surface area contributed by atoms with Gasteiger partial charge in [-0.1, -0.05) is 17.7 Å². The van der Waals surface area contributed by atoms with Gasteiger partial charge in [-0.15, -0.1) is 0 Å². The molecule has 3 N–H and O–H groups in total.